The molecule has 2 aliphatic rings. The maximum Gasteiger partial charge on any atom is 0.251 e. The number of ether oxygens (including phenoxy) is 1. The van der Waals surface area contributed by atoms with Gasteiger partial charge in [-0.2, -0.15) is 4.98 Å². The van der Waals surface area contributed by atoms with Gasteiger partial charge < -0.3 is 19.9 Å². The number of rotatable bonds is 8. The molecule has 1 saturated carbocycles. The Balaban J connectivity index is 1.37. The van der Waals surface area contributed by atoms with Crippen molar-refractivity contribution < 1.29 is 9.53 Å². The zero-order chi connectivity index (χ0) is 23.3. The van der Waals surface area contributed by atoms with Gasteiger partial charge in [-0.1, -0.05) is 48.2 Å². The Bertz CT molecular complexity index is 1130. The van der Waals surface area contributed by atoms with Gasteiger partial charge in [0.2, 0.25) is 11.8 Å². The van der Waals surface area contributed by atoms with Gasteiger partial charge in [0.1, 0.15) is 6.61 Å². The summed E-state index contributed by atoms with van der Waals surface area (Å²) in [6.07, 6.45) is 3.97. The van der Waals surface area contributed by atoms with E-state index in [0.717, 1.165) is 54.4 Å². The molecule has 8 heteroatoms. The monoisotopic (exact) mass is 475 g/mol. The van der Waals surface area contributed by atoms with Crippen molar-refractivity contribution in [2.45, 2.75) is 35.3 Å². The number of nitrogens with one attached hydrogen (secondary N) is 1. The maximum atomic E-state index is 12.5. The van der Waals surface area contributed by atoms with Crippen LogP contribution in [0, 0.1) is 0 Å². The predicted molar refractivity (Wildman–Crippen MR) is 134 cm³/mol. The van der Waals surface area contributed by atoms with Crippen LogP contribution in [0.25, 0.3) is 0 Å². The van der Waals surface area contributed by atoms with Crippen molar-refractivity contribution in [3.63, 3.8) is 0 Å². The van der Waals surface area contributed by atoms with Gasteiger partial charge in [-0.05, 0) is 43.7 Å². The van der Waals surface area contributed by atoms with Crippen molar-refractivity contribution in [2.24, 2.45) is 0 Å². The van der Waals surface area contributed by atoms with Crippen molar-refractivity contribution in [1.29, 1.82) is 0 Å². The minimum atomic E-state index is -0.0211. The van der Waals surface area contributed by atoms with Crippen LogP contribution in [0.15, 0.2) is 70.6 Å². The van der Waals surface area contributed by atoms with Crippen molar-refractivity contribution in [2.75, 3.05) is 38.1 Å². The molecule has 176 valence electrons. The quantitative estimate of drug-likeness (QED) is 0.531. The van der Waals surface area contributed by atoms with Crippen molar-refractivity contribution in [1.82, 2.24) is 20.2 Å². The highest BCUT2D eigenvalue weighted by Crippen LogP contribution is 2.35. The first-order valence-electron chi connectivity index (χ1n) is 11.7. The number of anilines is 1. The van der Waals surface area contributed by atoms with E-state index in [1.165, 1.54) is 11.8 Å². The highest BCUT2D eigenvalue weighted by molar-refractivity contribution is 7.99. The molecular formula is C26H29N5O2S. The second-order valence-corrected chi connectivity index (χ2v) is 9.90. The molecule has 1 aromatic heterocycles. The van der Waals surface area contributed by atoms with Gasteiger partial charge in [-0.25, -0.2) is 4.98 Å². The van der Waals surface area contributed by atoms with Crippen LogP contribution in [0.1, 0.15) is 28.8 Å². The fraction of sp³-hybridized carbons (Fsp3) is 0.346. The van der Waals surface area contributed by atoms with E-state index < -0.39 is 0 Å². The second kappa shape index (κ2) is 10.4. The summed E-state index contributed by atoms with van der Waals surface area (Å²) in [6.45, 7) is 4.17. The molecule has 1 aliphatic carbocycles. The van der Waals surface area contributed by atoms with Gasteiger partial charge in [0, 0.05) is 42.7 Å². The van der Waals surface area contributed by atoms with Crippen molar-refractivity contribution in [3.8, 4) is 5.88 Å². The largest absolute Gasteiger partial charge is 0.472 e. The van der Waals surface area contributed by atoms with E-state index in [0.29, 0.717) is 30.0 Å². The number of amides is 1. The Morgan fingerprint density at radius 2 is 1.88 bits per heavy atom. The number of piperazine rings is 1. The number of benzene rings is 2. The first kappa shape index (κ1) is 22.7. The van der Waals surface area contributed by atoms with Gasteiger partial charge >= 0.3 is 0 Å². The average molecular weight is 476 g/mol. The number of carbonyl (C=O) groups excluding carboxylic acids is 1. The molecular weight excluding hydrogens is 446 g/mol. The molecule has 0 radical (unpaired) electrons. The Morgan fingerprint density at radius 3 is 2.65 bits per heavy atom. The molecule has 0 bridgehead atoms. The number of carbonyl (C=O) groups is 1. The lowest BCUT2D eigenvalue weighted by molar-refractivity contribution is 0.0951. The molecule has 0 unspecified atom stereocenters. The maximum absolute atomic E-state index is 12.5. The fourth-order valence-electron chi connectivity index (χ4n) is 3.73. The summed E-state index contributed by atoms with van der Waals surface area (Å²) in [5, 5.41) is 3.05. The first-order chi connectivity index (χ1) is 16.6. The molecule has 2 heterocycles. The molecule has 0 spiro atoms. The number of likely N-dealkylation sites (N-methyl/N-ethyl adjacent to an activating group) is 1. The summed E-state index contributed by atoms with van der Waals surface area (Å²) >= 11 is 1.51. The van der Waals surface area contributed by atoms with E-state index in [1.807, 2.05) is 60.8 Å². The molecule has 1 amide bonds. The normalized spacial score (nSPS) is 16.3. The molecule has 1 N–H and O–H groups in total. The zero-order valence-corrected chi connectivity index (χ0v) is 20.1. The van der Waals surface area contributed by atoms with E-state index in [4.69, 9.17) is 9.72 Å². The van der Waals surface area contributed by atoms with Crippen LogP contribution >= 0.6 is 11.8 Å². The van der Waals surface area contributed by atoms with Crippen molar-refractivity contribution >= 4 is 23.6 Å². The van der Waals surface area contributed by atoms with E-state index in [9.17, 15) is 4.79 Å². The summed E-state index contributed by atoms with van der Waals surface area (Å²) in [7, 11) is 2.13. The van der Waals surface area contributed by atoms with Crippen LogP contribution in [0.2, 0.25) is 0 Å². The average Bonchev–Trinajstić information content (AvgIpc) is 3.69. The topological polar surface area (TPSA) is 70.6 Å². The smallest absolute Gasteiger partial charge is 0.251 e. The molecule has 34 heavy (non-hydrogen) atoms. The molecule has 7 nitrogen and oxygen atoms in total. The van der Waals surface area contributed by atoms with Crippen LogP contribution in [0.4, 0.5) is 5.95 Å². The molecule has 1 aliphatic heterocycles. The molecule has 2 fully saturated rings. The van der Waals surface area contributed by atoms with Crippen LogP contribution < -0.4 is 15.0 Å². The summed E-state index contributed by atoms with van der Waals surface area (Å²) < 4.78 is 6.20. The third-order valence-corrected chi connectivity index (χ3v) is 6.94. The van der Waals surface area contributed by atoms with Crippen LogP contribution in [-0.4, -0.2) is 60.0 Å². The lowest BCUT2D eigenvalue weighted by Crippen LogP contribution is -2.45. The number of aromatic nitrogens is 2. The van der Waals surface area contributed by atoms with Gasteiger partial charge in [0.05, 0.1) is 11.1 Å². The van der Waals surface area contributed by atoms with E-state index in [1.54, 1.807) is 0 Å². The predicted octanol–water partition coefficient (Wildman–Crippen LogP) is 3.85. The van der Waals surface area contributed by atoms with Crippen molar-refractivity contribution in [3.05, 3.63) is 71.9 Å². The molecule has 2 aromatic carbocycles. The highest BCUT2D eigenvalue weighted by atomic mass is 32.2. The Morgan fingerprint density at radius 1 is 1.09 bits per heavy atom. The summed E-state index contributed by atoms with van der Waals surface area (Å²) in [5.41, 5.74) is 1.75. The van der Waals surface area contributed by atoms with Crippen LogP contribution in [-0.2, 0) is 6.61 Å². The minimum Gasteiger partial charge on any atom is -0.472 e. The van der Waals surface area contributed by atoms with E-state index in [2.05, 4.69) is 27.1 Å². The summed E-state index contributed by atoms with van der Waals surface area (Å²) in [6, 6.07) is 18.1. The SMILES string of the molecule is CN1CCN(c2ncc(Sc3cccc(C(=O)NC4CC4)c3)c(OCc3ccccc3)n2)CC1. The highest BCUT2D eigenvalue weighted by Gasteiger charge is 2.24. The Kier molecular flexibility index (Phi) is 6.97. The number of hydrogen-bond acceptors (Lipinski definition) is 7. The molecule has 0 atom stereocenters. The molecule has 1 saturated heterocycles. The van der Waals surface area contributed by atoms with E-state index in [-0.39, 0.29) is 5.91 Å². The molecule has 3 aromatic rings. The minimum absolute atomic E-state index is 0.0211. The standard InChI is InChI=1S/C26H29N5O2S/c1-30-12-14-31(15-13-30)26-27-17-23(25(29-26)33-18-19-6-3-2-4-7-19)34-22-9-5-8-20(16-22)24(32)28-21-10-11-21/h2-9,16-17,21H,10-15,18H2,1H3,(H,28,32). The molecule has 5 rings (SSSR count). The lowest BCUT2D eigenvalue weighted by Gasteiger charge is -2.32. The van der Waals surface area contributed by atoms with Crippen LogP contribution in [0.3, 0.4) is 0 Å². The Hall–Kier alpha value is -3.10. The second-order valence-electron chi connectivity index (χ2n) is 8.78. The van der Waals surface area contributed by atoms with Gasteiger partial charge in [0.15, 0.2) is 0 Å². The third kappa shape index (κ3) is 5.87. The lowest BCUT2D eigenvalue weighted by atomic mass is 10.2. The number of nitrogens with zero attached hydrogens (tertiary/aromatic N) is 4. The van der Waals surface area contributed by atoms with Crippen LogP contribution in [0.5, 0.6) is 5.88 Å². The first-order valence-corrected chi connectivity index (χ1v) is 12.5. The third-order valence-electron chi connectivity index (χ3n) is 5.95. The van der Waals surface area contributed by atoms with E-state index >= 15 is 0 Å². The van der Waals surface area contributed by atoms with Gasteiger partial charge in [0.25, 0.3) is 5.91 Å². The summed E-state index contributed by atoms with van der Waals surface area (Å²) in [5.74, 6) is 1.23. The van der Waals surface area contributed by atoms with Gasteiger partial charge in [-0.3, -0.25) is 4.79 Å². The number of hydrogen-bond donors (Lipinski definition) is 1. The van der Waals surface area contributed by atoms with Gasteiger partial charge in [-0.15, -0.1) is 0 Å². The Labute approximate surface area is 204 Å². The summed E-state index contributed by atoms with van der Waals surface area (Å²) in [4.78, 5) is 28.2. The fourth-order valence-corrected chi connectivity index (χ4v) is 4.61. The zero-order valence-electron chi connectivity index (χ0n) is 19.3.